The third-order valence-corrected chi connectivity index (χ3v) is 4.83. The van der Waals surface area contributed by atoms with Crippen LogP contribution in [-0.4, -0.2) is 27.8 Å². The fourth-order valence-electron chi connectivity index (χ4n) is 2.45. The van der Waals surface area contributed by atoms with Crippen molar-refractivity contribution in [3.05, 3.63) is 58.4 Å². The van der Waals surface area contributed by atoms with E-state index >= 15 is 0 Å². The SMILES string of the molecule is Cc1oc(-c2ccsc2)nc1CC(=O)N(C)C(C)c1ccncc1. The Morgan fingerprint density at radius 2 is 2.08 bits per heavy atom. The van der Waals surface area contributed by atoms with Crippen LogP contribution in [0.3, 0.4) is 0 Å². The van der Waals surface area contributed by atoms with Gasteiger partial charge in [-0.25, -0.2) is 4.98 Å². The maximum atomic E-state index is 12.6. The average molecular weight is 341 g/mol. The van der Waals surface area contributed by atoms with Crippen LogP contribution in [0.5, 0.6) is 0 Å². The van der Waals surface area contributed by atoms with Gasteiger partial charge in [0.25, 0.3) is 0 Å². The van der Waals surface area contributed by atoms with Crippen LogP contribution in [0, 0.1) is 6.92 Å². The summed E-state index contributed by atoms with van der Waals surface area (Å²) in [5.74, 6) is 1.27. The fourth-order valence-corrected chi connectivity index (χ4v) is 3.08. The van der Waals surface area contributed by atoms with Gasteiger partial charge in [-0.1, -0.05) is 0 Å². The van der Waals surface area contributed by atoms with Gasteiger partial charge < -0.3 is 9.32 Å². The summed E-state index contributed by atoms with van der Waals surface area (Å²) in [6.45, 7) is 3.84. The highest BCUT2D eigenvalue weighted by Crippen LogP contribution is 2.25. The van der Waals surface area contributed by atoms with E-state index in [2.05, 4.69) is 9.97 Å². The van der Waals surface area contributed by atoms with E-state index < -0.39 is 0 Å². The second kappa shape index (κ2) is 6.97. The molecule has 0 fully saturated rings. The Morgan fingerprint density at radius 1 is 1.33 bits per heavy atom. The molecule has 0 aliphatic heterocycles. The molecule has 0 saturated heterocycles. The molecule has 3 aromatic rings. The van der Waals surface area contributed by atoms with Crippen LogP contribution in [0.15, 0.2) is 45.8 Å². The van der Waals surface area contributed by atoms with E-state index in [0.717, 1.165) is 11.1 Å². The Balaban J connectivity index is 1.73. The minimum Gasteiger partial charge on any atom is -0.441 e. The summed E-state index contributed by atoms with van der Waals surface area (Å²) >= 11 is 1.59. The first kappa shape index (κ1) is 16.4. The number of rotatable bonds is 5. The Hall–Kier alpha value is -2.47. The van der Waals surface area contributed by atoms with Crippen molar-refractivity contribution in [2.24, 2.45) is 0 Å². The monoisotopic (exact) mass is 341 g/mol. The first-order valence-electron chi connectivity index (χ1n) is 7.70. The smallest absolute Gasteiger partial charge is 0.228 e. The van der Waals surface area contributed by atoms with Gasteiger partial charge in [0.05, 0.1) is 18.2 Å². The molecule has 0 radical (unpaired) electrons. The van der Waals surface area contributed by atoms with E-state index in [1.807, 2.05) is 49.9 Å². The first-order chi connectivity index (χ1) is 11.6. The van der Waals surface area contributed by atoms with Crippen molar-refractivity contribution in [3.63, 3.8) is 0 Å². The zero-order valence-electron chi connectivity index (χ0n) is 13.9. The third kappa shape index (κ3) is 3.38. The Kier molecular flexibility index (Phi) is 4.76. The van der Waals surface area contributed by atoms with Crippen LogP contribution in [-0.2, 0) is 11.2 Å². The van der Waals surface area contributed by atoms with Crippen LogP contribution in [0.2, 0.25) is 0 Å². The number of pyridine rings is 1. The molecule has 0 aromatic carbocycles. The average Bonchev–Trinajstić information content (AvgIpc) is 3.24. The number of hydrogen-bond acceptors (Lipinski definition) is 5. The normalized spacial score (nSPS) is 12.1. The molecule has 6 heteroatoms. The van der Waals surface area contributed by atoms with Crippen LogP contribution in [0.4, 0.5) is 0 Å². The van der Waals surface area contributed by atoms with Gasteiger partial charge in [0.15, 0.2) is 0 Å². The number of amides is 1. The molecule has 0 saturated carbocycles. The van der Waals surface area contributed by atoms with Gasteiger partial charge in [-0.15, -0.1) is 0 Å². The second-order valence-corrected chi connectivity index (χ2v) is 6.45. The number of carbonyl (C=O) groups is 1. The molecule has 3 aromatic heterocycles. The lowest BCUT2D eigenvalue weighted by atomic mass is 10.1. The number of hydrogen-bond donors (Lipinski definition) is 0. The predicted octanol–water partition coefficient (Wildman–Crippen LogP) is 3.87. The van der Waals surface area contributed by atoms with E-state index in [-0.39, 0.29) is 18.4 Å². The summed E-state index contributed by atoms with van der Waals surface area (Å²) in [5.41, 5.74) is 2.69. The number of thiophene rings is 1. The topological polar surface area (TPSA) is 59.2 Å². The van der Waals surface area contributed by atoms with Crippen LogP contribution in [0.1, 0.15) is 30.0 Å². The second-order valence-electron chi connectivity index (χ2n) is 5.67. The highest BCUT2D eigenvalue weighted by atomic mass is 32.1. The Labute approximate surface area is 145 Å². The van der Waals surface area contributed by atoms with Crippen molar-refractivity contribution in [2.45, 2.75) is 26.3 Å². The number of aryl methyl sites for hydroxylation is 1. The standard InChI is InChI=1S/C18H19N3O2S/c1-12(14-4-7-19-8-5-14)21(3)17(22)10-16-13(2)23-18(20-16)15-6-9-24-11-15/h4-9,11-12H,10H2,1-3H3. The van der Waals surface area contributed by atoms with E-state index in [0.29, 0.717) is 17.3 Å². The lowest BCUT2D eigenvalue weighted by Crippen LogP contribution is -2.31. The maximum absolute atomic E-state index is 12.6. The van der Waals surface area contributed by atoms with Gasteiger partial charge in [-0.3, -0.25) is 9.78 Å². The molecule has 5 nitrogen and oxygen atoms in total. The van der Waals surface area contributed by atoms with Gasteiger partial charge in [0.2, 0.25) is 11.8 Å². The van der Waals surface area contributed by atoms with E-state index in [1.165, 1.54) is 0 Å². The fraction of sp³-hybridized carbons (Fsp3) is 0.278. The minimum absolute atomic E-state index is 0.00702. The lowest BCUT2D eigenvalue weighted by molar-refractivity contribution is -0.131. The van der Waals surface area contributed by atoms with Crippen molar-refractivity contribution in [2.75, 3.05) is 7.05 Å². The molecule has 0 bridgehead atoms. The zero-order chi connectivity index (χ0) is 17.1. The number of carbonyl (C=O) groups excluding carboxylic acids is 1. The minimum atomic E-state index is -0.0240. The molecule has 24 heavy (non-hydrogen) atoms. The summed E-state index contributed by atoms with van der Waals surface area (Å²) in [5, 5.41) is 3.96. The highest BCUT2D eigenvalue weighted by Gasteiger charge is 2.21. The molecule has 1 amide bonds. The molecular weight excluding hydrogens is 322 g/mol. The molecule has 0 aliphatic rings. The highest BCUT2D eigenvalue weighted by molar-refractivity contribution is 7.08. The summed E-state index contributed by atoms with van der Waals surface area (Å²) in [6.07, 6.45) is 3.70. The number of aromatic nitrogens is 2. The van der Waals surface area contributed by atoms with Gasteiger partial charge in [0.1, 0.15) is 5.76 Å². The Bertz CT molecular complexity index is 812. The molecule has 124 valence electrons. The van der Waals surface area contributed by atoms with Gasteiger partial charge >= 0.3 is 0 Å². The van der Waals surface area contributed by atoms with E-state index in [4.69, 9.17) is 4.42 Å². The largest absolute Gasteiger partial charge is 0.441 e. The molecule has 3 heterocycles. The summed E-state index contributed by atoms with van der Waals surface area (Å²) < 4.78 is 5.70. The first-order valence-corrected chi connectivity index (χ1v) is 8.65. The molecule has 1 unspecified atom stereocenters. The molecule has 0 aliphatic carbocycles. The van der Waals surface area contributed by atoms with Crippen molar-refractivity contribution in [1.82, 2.24) is 14.9 Å². The Morgan fingerprint density at radius 3 is 2.75 bits per heavy atom. The predicted molar refractivity (Wildman–Crippen MR) is 93.7 cm³/mol. The third-order valence-electron chi connectivity index (χ3n) is 4.14. The summed E-state index contributed by atoms with van der Waals surface area (Å²) in [7, 11) is 1.81. The van der Waals surface area contributed by atoms with Crippen LogP contribution >= 0.6 is 11.3 Å². The lowest BCUT2D eigenvalue weighted by Gasteiger charge is -2.25. The summed E-state index contributed by atoms with van der Waals surface area (Å²) in [4.78, 5) is 22.8. The number of oxazole rings is 1. The molecule has 1 atom stereocenters. The maximum Gasteiger partial charge on any atom is 0.228 e. The number of nitrogens with zero attached hydrogens (tertiary/aromatic N) is 3. The van der Waals surface area contributed by atoms with Crippen molar-refractivity contribution < 1.29 is 9.21 Å². The van der Waals surface area contributed by atoms with E-state index in [9.17, 15) is 4.79 Å². The van der Waals surface area contributed by atoms with Crippen LogP contribution in [0.25, 0.3) is 11.5 Å². The molecule has 0 spiro atoms. The van der Waals surface area contributed by atoms with Crippen molar-refractivity contribution in [3.8, 4) is 11.5 Å². The van der Waals surface area contributed by atoms with Crippen molar-refractivity contribution in [1.29, 1.82) is 0 Å². The van der Waals surface area contributed by atoms with Gasteiger partial charge in [-0.05, 0) is 43.0 Å². The van der Waals surface area contributed by atoms with E-state index in [1.54, 1.807) is 28.6 Å². The molecule has 3 rings (SSSR count). The quantitative estimate of drug-likeness (QED) is 0.707. The number of likely N-dealkylation sites (N-methyl/N-ethyl adjacent to an activating group) is 1. The molecule has 0 N–H and O–H groups in total. The van der Waals surface area contributed by atoms with Gasteiger partial charge in [-0.2, -0.15) is 11.3 Å². The van der Waals surface area contributed by atoms with Crippen LogP contribution < -0.4 is 0 Å². The molecular formula is C18H19N3O2S. The van der Waals surface area contributed by atoms with Crippen molar-refractivity contribution >= 4 is 17.2 Å². The summed E-state index contributed by atoms with van der Waals surface area (Å²) in [6, 6.07) is 5.78. The van der Waals surface area contributed by atoms with Gasteiger partial charge in [0, 0.05) is 30.4 Å². The zero-order valence-corrected chi connectivity index (χ0v) is 14.7.